The fourth-order valence-electron chi connectivity index (χ4n) is 0.583. The molecule has 1 aromatic carbocycles. The molecule has 0 bridgehead atoms. The second-order valence-corrected chi connectivity index (χ2v) is 1.64. The van der Waals surface area contributed by atoms with Gasteiger partial charge in [0.25, 0.3) is 0 Å². The topological polar surface area (TPSA) is 40.5 Å². The van der Waals surface area contributed by atoms with Crippen LogP contribution in [0, 0.1) is 0 Å². The monoisotopic (exact) mass is 140 g/mol. The maximum atomic E-state index is 8.54. The van der Waals surface area contributed by atoms with Gasteiger partial charge < -0.3 is 10.2 Å². The lowest BCUT2D eigenvalue weighted by molar-refractivity contribution is 0.282. The lowest BCUT2D eigenvalue weighted by Gasteiger charge is -1.89. The largest absolute Gasteiger partial charge is 0.400 e. The highest BCUT2D eigenvalue weighted by atomic mass is 16.3. The molecule has 0 aromatic heterocycles. The number of hydrogen-bond acceptors (Lipinski definition) is 2. The van der Waals surface area contributed by atoms with Crippen LogP contribution >= 0.6 is 0 Å². The van der Waals surface area contributed by atoms with Crippen molar-refractivity contribution in [1.29, 1.82) is 0 Å². The minimum Gasteiger partial charge on any atom is -0.400 e. The van der Waals surface area contributed by atoms with Crippen molar-refractivity contribution in [3.63, 3.8) is 0 Å². The molecule has 0 aliphatic rings. The van der Waals surface area contributed by atoms with E-state index in [-0.39, 0.29) is 6.61 Å². The predicted molar refractivity (Wildman–Crippen MR) is 40.5 cm³/mol. The molecule has 0 unspecified atom stereocenters. The summed E-state index contributed by atoms with van der Waals surface area (Å²) in [5.41, 5.74) is 0.965. The van der Waals surface area contributed by atoms with Crippen LogP contribution in [-0.4, -0.2) is 17.3 Å². The van der Waals surface area contributed by atoms with E-state index in [9.17, 15) is 0 Å². The summed E-state index contributed by atoms with van der Waals surface area (Å²) in [7, 11) is 1.00. The fraction of sp³-hybridized carbons (Fsp3) is 0.250. The average Bonchev–Trinajstić information content (AvgIpc) is 2.10. The van der Waals surface area contributed by atoms with Gasteiger partial charge in [0.1, 0.15) is 0 Å². The van der Waals surface area contributed by atoms with Gasteiger partial charge in [-0.3, -0.25) is 0 Å². The van der Waals surface area contributed by atoms with Gasteiger partial charge >= 0.3 is 0 Å². The third-order valence-corrected chi connectivity index (χ3v) is 1.03. The first-order chi connectivity index (χ1) is 4.93. The summed E-state index contributed by atoms with van der Waals surface area (Å²) >= 11 is 0. The molecule has 2 N–H and O–H groups in total. The summed E-state index contributed by atoms with van der Waals surface area (Å²) in [5.74, 6) is 0. The molecule has 0 aliphatic heterocycles. The molecule has 10 heavy (non-hydrogen) atoms. The molecule has 2 heteroatoms. The Morgan fingerprint density at radius 1 is 1.10 bits per heavy atom. The molecule has 0 saturated carbocycles. The normalized spacial score (nSPS) is 7.90. The van der Waals surface area contributed by atoms with E-state index in [0.717, 1.165) is 12.7 Å². The highest BCUT2D eigenvalue weighted by Crippen LogP contribution is 1.95. The zero-order valence-corrected chi connectivity index (χ0v) is 5.99. The number of aliphatic hydroxyl groups excluding tert-OH is 2. The van der Waals surface area contributed by atoms with Gasteiger partial charge in [-0.2, -0.15) is 0 Å². The van der Waals surface area contributed by atoms with Crippen LogP contribution in [0.15, 0.2) is 30.3 Å². The summed E-state index contributed by atoms with van der Waals surface area (Å²) in [5, 5.41) is 15.5. The molecule has 1 aromatic rings. The number of aliphatic hydroxyl groups is 2. The molecule has 56 valence electrons. The highest BCUT2D eigenvalue weighted by Gasteiger charge is 1.81. The van der Waals surface area contributed by atoms with Gasteiger partial charge in [0.05, 0.1) is 6.61 Å². The smallest absolute Gasteiger partial charge is 0.0681 e. The van der Waals surface area contributed by atoms with E-state index >= 15 is 0 Å². The minimum atomic E-state index is 0.140. The maximum Gasteiger partial charge on any atom is 0.0681 e. The molecule has 0 fully saturated rings. The van der Waals surface area contributed by atoms with Gasteiger partial charge in [-0.15, -0.1) is 0 Å². The number of rotatable bonds is 1. The lowest BCUT2D eigenvalue weighted by atomic mass is 10.2. The van der Waals surface area contributed by atoms with Gasteiger partial charge in [-0.25, -0.2) is 0 Å². The van der Waals surface area contributed by atoms with Crippen LogP contribution in [0.25, 0.3) is 0 Å². The van der Waals surface area contributed by atoms with Gasteiger partial charge in [0, 0.05) is 7.11 Å². The van der Waals surface area contributed by atoms with Crippen molar-refractivity contribution in [3.8, 4) is 0 Å². The van der Waals surface area contributed by atoms with E-state index in [4.69, 9.17) is 10.2 Å². The zero-order chi connectivity index (χ0) is 7.82. The van der Waals surface area contributed by atoms with Crippen LogP contribution < -0.4 is 0 Å². The molecular formula is C8H12O2. The van der Waals surface area contributed by atoms with Crippen LogP contribution in [0.3, 0.4) is 0 Å². The predicted octanol–water partition coefficient (Wildman–Crippen LogP) is 0.787. The minimum absolute atomic E-state index is 0.140. The van der Waals surface area contributed by atoms with Crippen LogP contribution in [0.5, 0.6) is 0 Å². The van der Waals surface area contributed by atoms with E-state index in [1.54, 1.807) is 0 Å². The first kappa shape index (κ1) is 9.14. The SMILES string of the molecule is CO.OCc1ccccc1. The summed E-state index contributed by atoms with van der Waals surface area (Å²) in [6, 6.07) is 9.52. The maximum absolute atomic E-state index is 8.54. The first-order valence-electron chi connectivity index (χ1n) is 3.03. The molecule has 0 radical (unpaired) electrons. The fourth-order valence-corrected chi connectivity index (χ4v) is 0.583. The van der Waals surface area contributed by atoms with Gasteiger partial charge in [0.15, 0.2) is 0 Å². The second kappa shape index (κ2) is 6.26. The van der Waals surface area contributed by atoms with Crippen molar-refractivity contribution in [1.82, 2.24) is 0 Å². The van der Waals surface area contributed by atoms with Crippen LogP contribution in [0.4, 0.5) is 0 Å². The van der Waals surface area contributed by atoms with Crippen molar-refractivity contribution in [2.75, 3.05) is 7.11 Å². The van der Waals surface area contributed by atoms with Crippen molar-refractivity contribution >= 4 is 0 Å². The van der Waals surface area contributed by atoms with Crippen molar-refractivity contribution in [2.45, 2.75) is 6.61 Å². The molecule has 0 aliphatic carbocycles. The van der Waals surface area contributed by atoms with Crippen molar-refractivity contribution < 1.29 is 10.2 Å². The Hall–Kier alpha value is -0.860. The van der Waals surface area contributed by atoms with Crippen LogP contribution in [-0.2, 0) is 6.61 Å². The van der Waals surface area contributed by atoms with E-state index in [1.807, 2.05) is 30.3 Å². The van der Waals surface area contributed by atoms with Crippen molar-refractivity contribution in [3.05, 3.63) is 35.9 Å². The Kier molecular flexibility index (Phi) is 5.72. The average molecular weight is 140 g/mol. The van der Waals surface area contributed by atoms with E-state index in [2.05, 4.69) is 0 Å². The molecule has 0 saturated heterocycles. The molecule has 1 rings (SSSR count). The van der Waals surface area contributed by atoms with Gasteiger partial charge in [-0.1, -0.05) is 30.3 Å². The Morgan fingerprint density at radius 3 is 1.90 bits per heavy atom. The third kappa shape index (κ3) is 3.22. The Bertz CT molecular complexity index is 149. The van der Waals surface area contributed by atoms with Crippen LogP contribution in [0.2, 0.25) is 0 Å². The quantitative estimate of drug-likeness (QED) is 0.605. The van der Waals surface area contributed by atoms with Crippen LogP contribution in [0.1, 0.15) is 5.56 Å². The summed E-state index contributed by atoms with van der Waals surface area (Å²) in [6.45, 7) is 0.140. The zero-order valence-electron chi connectivity index (χ0n) is 5.99. The lowest BCUT2D eigenvalue weighted by Crippen LogP contribution is -1.77. The standard InChI is InChI=1S/C7H8O.CH4O/c8-6-7-4-2-1-3-5-7;1-2/h1-5,8H,6H2;2H,1H3. The Balaban J connectivity index is 0.000000371. The number of benzene rings is 1. The first-order valence-corrected chi connectivity index (χ1v) is 3.03. The van der Waals surface area contributed by atoms with E-state index < -0.39 is 0 Å². The molecule has 0 amide bonds. The Labute approximate surface area is 60.8 Å². The summed E-state index contributed by atoms with van der Waals surface area (Å²) < 4.78 is 0. The second-order valence-electron chi connectivity index (χ2n) is 1.64. The van der Waals surface area contributed by atoms with E-state index in [1.165, 1.54) is 0 Å². The third-order valence-electron chi connectivity index (χ3n) is 1.03. The molecule has 0 spiro atoms. The highest BCUT2D eigenvalue weighted by molar-refractivity contribution is 5.12. The number of hydrogen-bond donors (Lipinski definition) is 2. The summed E-state index contributed by atoms with van der Waals surface area (Å²) in [4.78, 5) is 0. The van der Waals surface area contributed by atoms with Crippen molar-refractivity contribution in [2.24, 2.45) is 0 Å². The molecule has 0 atom stereocenters. The summed E-state index contributed by atoms with van der Waals surface area (Å²) in [6.07, 6.45) is 0. The van der Waals surface area contributed by atoms with Gasteiger partial charge in [-0.05, 0) is 5.56 Å². The van der Waals surface area contributed by atoms with Gasteiger partial charge in [0.2, 0.25) is 0 Å². The van der Waals surface area contributed by atoms with E-state index in [0.29, 0.717) is 0 Å². The molecule has 2 nitrogen and oxygen atoms in total. The Morgan fingerprint density at radius 2 is 1.60 bits per heavy atom. The molecular weight excluding hydrogens is 128 g/mol. The molecule has 0 heterocycles.